The smallest absolute Gasteiger partial charge is 0.0866 e. The van der Waals surface area contributed by atoms with Crippen LogP contribution in [0.4, 0.5) is 0 Å². The van der Waals surface area contributed by atoms with Gasteiger partial charge in [-0.15, -0.1) is 0 Å². The van der Waals surface area contributed by atoms with Gasteiger partial charge in [-0.3, -0.25) is 0 Å². The van der Waals surface area contributed by atoms with E-state index in [1.54, 1.807) is 0 Å². The SMILES string of the molecule is CCCNCC1CCOC1c1cccc(C)c1. The van der Waals surface area contributed by atoms with Gasteiger partial charge in [0.15, 0.2) is 0 Å². The summed E-state index contributed by atoms with van der Waals surface area (Å²) in [4.78, 5) is 0. The van der Waals surface area contributed by atoms with Crippen molar-refractivity contribution < 1.29 is 4.74 Å². The van der Waals surface area contributed by atoms with Crippen molar-refractivity contribution >= 4 is 0 Å². The highest BCUT2D eigenvalue weighted by Gasteiger charge is 2.29. The Labute approximate surface area is 104 Å². The minimum absolute atomic E-state index is 0.291. The average molecular weight is 233 g/mol. The summed E-state index contributed by atoms with van der Waals surface area (Å²) in [5.74, 6) is 0.628. The molecule has 0 bridgehead atoms. The first kappa shape index (κ1) is 12.6. The molecule has 1 N–H and O–H groups in total. The van der Waals surface area contributed by atoms with E-state index < -0.39 is 0 Å². The normalized spacial score (nSPS) is 24.1. The highest BCUT2D eigenvalue weighted by molar-refractivity contribution is 5.25. The first-order valence-corrected chi connectivity index (χ1v) is 6.70. The molecular weight excluding hydrogens is 210 g/mol. The molecule has 94 valence electrons. The summed E-state index contributed by atoms with van der Waals surface area (Å²) in [6.07, 6.45) is 2.66. The fourth-order valence-corrected chi connectivity index (χ4v) is 2.52. The summed E-state index contributed by atoms with van der Waals surface area (Å²) in [6, 6.07) is 8.71. The van der Waals surface area contributed by atoms with Gasteiger partial charge in [0.05, 0.1) is 6.10 Å². The molecule has 0 aliphatic carbocycles. The topological polar surface area (TPSA) is 21.3 Å². The van der Waals surface area contributed by atoms with E-state index in [4.69, 9.17) is 4.74 Å². The van der Waals surface area contributed by atoms with Crippen molar-refractivity contribution in [2.45, 2.75) is 32.8 Å². The van der Waals surface area contributed by atoms with Crippen LogP contribution in [0.2, 0.25) is 0 Å². The van der Waals surface area contributed by atoms with Gasteiger partial charge < -0.3 is 10.1 Å². The molecule has 2 heteroatoms. The monoisotopic (exact) mass is 233 g/mol. The Morgan fingerprint density at radius 2 is 2.29 bits per heavy atom. The summed E-state index contributed by atoms with van der Waals surface area (Å²) in [5.41, 5.74) is 2.66. The lowest BCUT2D eigenvalue weighted by Crippen LogP contribution is -2.25. The zero-order valence-electron chi connectivity index (χ0n) is 10.9. The third-order valence-electron chi connectivity index (χ3n) is 3.42. The first-order chi connectivity index (χ1) is 8.31. The number of ether oxygens (including phenoxy) is 1. The van der Waals surface area contributed by atoms with Gasteiger partial charge in [-0.2, -0.15) is 0 Å². The highest BCUT2D eigenvalue weighted by atomic mass is 16.5. The Balaban J connectivity index is 1.99. The second kappa shape index (κ2) is 6.18. The molecular formula is C15H23NO. The molecule has 1 aliphatic rings. The lowest BCUT2D eigenvalue weighted by molar-refractivity contribution is 0.0905. The Morgan fingerprint density at radius 3 is 3.06 bits per heavy atom. The minimum Gasteiger partial charge on any atom is -0.373 e. The van der Waals surface area contributed by atoms with E-state index in [-0.39, 0.29) is 0 Å². The van der Waals surface area contributed by atoms with Gasteiger partial charge in [-0.25, -0.2) is 0 Å². The van der Waals surface area contributed by atoms with E-state index in [1.165, 1.54) is 24.0 Å². The zero-order chi connectivity index (χ0) is 12.1. The molecule has 0 radical (unpaired) electrons. The van der Waals surface area contributed by atoms with Crippen molar-refractivity contribution in [1.82, 2.24) is 5.32 Å². The quantitative estimate of drug-likeness (QED) is 0.789. The van der Waals surface area contributed by atoms with Crippen LogP contribution < -0.4 is 5.32 Å². The van der Waals surface area contributed by atoms with E-state index in [9.17, 15) is 0 Å². The summed E-state index contributed by atoms with van der Waals surface area (Å²) in [7, 11) is 0. The van der Waals surface area contributed by atoms with Gasteiger partial charge in [0.1, 0.15) is 0 Å². The lowest BCUT2D eigenvalue weighted by Gasteiger charge is -2.19. The zero-order valence-corrected chi connectivity index (χ0v) is 10.9. The van der Waals surface area contributed by atoms with E-state index in [1.807, 2.05) is 0 Å². The molecule has 17 heavy (non-hydrogen) atoms. The summed E-state index contributed by atoms with van der Waals surface area (Å²) in [5, 5.41) is 3.51. The molecule has 1 aromatic carbocycles. The predicted molar refractivity (Wildman–Crippen MR) is 71.1 cm³/mol. The summed E-state index contributed by atoms with van der Waals surface area (Å²) >= 11 is 0. The third kappa shape index (κ3) is 3.30. The molecule has 0 amide bonds. The molecule has 2 unspecified atom stereocenters. The van der Waals surface area contributed by atoms with Crippen LogP contribution in [-0.4, -0.2) is 19.7 Å². The number of aryl methyl sites for hydroxylation is 1. The van der Waals surface area contributed by atoms with Gasteiger partial charge in [-0.1, -0.05) is 36.8 Å². The molecule has 2 atom stereocenters. The molecule has 0 saturated carbocycles. The van der Waals surface area contributed by atoms with Crippen LogP contribution in [0.3, 0.4) is 0 Å². The van der Waals surface area contributed by atoms with Gasteiger partial charge in [0.2, 0.25) is 0 Å². The van der Waals surface area contributed by atoms with Crippen molar-refractivity contribution in [1.29, 1.82) is 0 Å². The third-order valence-corrected chi connectivity index (χ3v) is 3.42. The highest BCUT2D eigenvalue weighted by Crippen LogP contribution is 2.34. The van der Waals surface area contributed by atoms with Crippen LogP contribution >= 0.6 is 0 Å². The van der Waals surface area contributed by atoms with Gasteiger partial charge in [-0.05, 0) is 31.9 Å². The molecule has 0 aromatic heterocycles. The van der Waals surface area contributed by atoms with Gasteiger partial charge >= 0.3 is 0 Å². The molecule has 2 rings (SSSR count). The van der Waals surface area contributed by atoms with Crippen molar-refractivity contribution in [2.75, 3.05) is 19.7 Å². The number of benzene rings is 1. The van der Waals surface area contributed by atoms with E-state index in [0.29, 0.717) is 12.0 Å². The Kier molecular flexibility index (Phi) is 4.57. The first-order valence-electron chi connectivity index (χ1n) is 6.70. The molecule has 1 saturated heterocycles. The molecule has 1 fully saturated rings. The summed E-state index contributed by atoms with van der Waals surface area (Å²) < 4.78 is 5.90. The minimum atomic E-state index is 0.291. The number of hydrogen-bond donors (Lipinski definition) is 1. The predicted octanol–water partition coefficient (Wildman–Crippen LogP) is 3.07. The van der Waals surface area contributed by atoms with E-state index in [0.717, 1.165) is 19.7 Å². The lowest BCUT2D eigenvalue weighted by atomic mass is 9.94. The second-order valence-corrected chi connectivity index (χ2v) is 4.96. The fraction of sp³-hybridized carbons (Fsp3) is 0.600. The van der Waals surface area contributed by atoms with Crippen LogP contribution in [0.25, 0.3) is 0 Å². The average Bonchev–Trinajstić information content (AvgIpc) is 2.78. The number of rotatable bonds is 5. The van der Waals surface area contributed by atoms with Crippen molar-refractivity contribution in [2.24, 2.45) is 5.92 Å². The van der Waals surface area contributed by atoms with E-state index in [2.05, 4.69) is 43.4 Å². The van der Waals surface area contributed by atoms with Crippen LogP contribution in [0.1, 0.15) is 37.0 Å². The maximum atomic E-state index is 5.90. The largest absolute Gasteiger partial charge is 0.373 e. The molecule has 1 heterocycles. The fourth-order valence-electron chi connectivity index (χ4n) is 2.52. The maximum absolute atomic E-state index is 5.90. The van der Waals surface area contributed by atoms with Crippen molar-refractivity contribution in [3.63, 3.8) is 0 Å². The second-order valence-electron chi connectivity index (χ2n) is 4.96. The summed E-state index contributed by atoms with van der Waals surface area (Å²) in [6.45, 7) is 7.43. The molecule has 1 aromatic rings. The maximum Gasteiger partial charge on any atom is 0.0866 e. The van der Waals surface area contributed by atoms with Crippen LogP contribution in [0, 0.1) is 12.8 Å². The Bertz CT molecular complexity index is 351. The van der Waals surface area contributed by atoms with Crippen LogP contribution in [0.5, 0.6) is 0 Å². The van der Waals surface area contributed by atoms with Crippen molar-refractivity contribution in [3.8, 4) is 0 Å². The van der Waals surface area contributed by atoms with Crippen LogP contribution in [0.15, 0.2) is 24.3 Å². The van der Waals surface area contributed by atoms with E-state index >= 15 is 0 Å². The van der Waals surface area contributed by atoms with Crippen LogP contribution in [-0.2, 0) is 4.74 Å². The number of nitrogens with one attached hydrogen (secondary N) is 1. The van der Waals surface area contributed by atoms with Gasteiger partial charge in [0, 0.05) is 19.1 Å². The van der Waals surface area contributed by atoms with Crippen molar-refractivity contribution in [3.05, 3.63) is 35.4 Å². The Hall–Kier alpha value is -0.860. The molecule has 1 aliphatic heterocycles. The molecule has 0 spiro atoms. The Morgan fingerprint density at radius 1 is 1.41 bits per heavy atom. The number of hydrogen-bond acceptors (Lipinski definition) is 2. The standard InChI is InChI=1S/C15H23NO/c1-3-8-16-11-14-7-9-17-15(14)13-6-4-5-12(2)10-13/h4-6,10,14-16H,3,7-9,11H2,1-2H3. The van der Waals surface area contributed by atoms with Gasteiger partial charge in [0.25, 0.3) is 0 Å². The molecule has 2 nitrogen and oxygen atoms in total.